The third kappa shape index (κ3) is 6.41. The Morgan fingerprint density at radius 1 is 1.28 bits per heavy atom. The van der Waals surface area contributed by atoms with Gasteiger partial charge >= 0.3 is 0 Å². The van der Waals surface area contributed by atoms with Crippen LogP contribution in [0.15, 0.2) is 41.4 Å². The molecule has 39 heavy (non-hydrogen) atoms. The van der Waals surface area contributed by atoms with E-state index in [4.69, 9.17) is 4.74 Å². The standard InChI is InChI=1S/C28H34FN3O6S/c1-19-16-32(20(2)18-33)27(34)24-14-21(10-13-28(35)11-4-5-12-28)15-30-26(24)38-25(19)17-31(3)39(36,37)23-8-6-22(29)7-9-23/h6-9,14-15,19-20,25,33,35H,4-5,11-12,16-18H2,1-3H3/t19-,20-,25+/m1/s1. The van der Waals surface area contributed by atoms with Crippen molar-refractivity contribution in [2.75, 3.05) is 26.7 Å². The summed E-state index contributed by atoms with van der Waals surface area (Å²) < 4.78 is 46.9. The Balaban J connectivity index is 1.66. The zero-order chi connectivity index (χ0) is 28.4. The molecule has 1 fully saturated rings. The summed E-state index contributed by atoms with van der Waals surface area (Å²) in [5.41, 5.74) is -0.478. The predicted molar refractivity (Wildman–Crippen MR) is 142 cm³/mol. The average Bonchev–Trinajstić information content (AvgIpc) is 3.35. The van der Waals surface area contributed by atoms with Gasteiger partial charge in [0.25, 0.3) is 5.91 Å². The van der Waals surface area contributed by atoms with E-state index in [1.54, 1.807) is 13.0 Å². The molecule has 2 aliphatic rings. The molecule has 1 aliphatic carbocycles. The number of likely N-dealkylation sites (N-methyl/N-ethyl adjacent to an activating group) is 1. The SMILES string of the molecule is C[C@@H]1CN([C@H](C)CO)C(=O)c2cc(C#CC3(O)CCCC3)cnc2O[C@H]1CN(C)S(=O)(=O)c1ccc(F)cc1. The molecule has 210 valence electrons. The lowest BCUT2D eigenvalue weighted by atomic mass is 10.00. The van der Waals surface area contributed by atoms with Gasteiger partial charge in [0.15, 0.2) is 0 Å². The first-order chi connectivity index (χ1) is 18.4. The van der Waals surface area contributed by atoms with Gasteiger partial charge in [-0.3, -0.25) is 4.79 Å². The van der Waals surface area contributed by atoms with E-state index in [9.17, 15) is 27.8 Å². The molecule has 2 aromatic rings. The number of hydrogen-bond donors (Lipinski definition) is 2. The van der Waals surface area contributed by atoms with Gasteiger partial charge in [-0.1, -0.05) is 18.8 Å². The Hall–Kier alpha value is -3.04. The van der Waals surface area contributed by atoms with Gasteiger partial charge in [-0.25, -0.2) is 17.8 Å². The number of aromatic nitrogens is 1. The van der Waals surface area contributed by atoms with Gasteiger partial charge in [-0.15, -0.1) is 0 Å². The lowest BCUT2D eigenvalue weighted by Crippen LogP contribution is -2.50. The first-order valence-corrected chi connectivity index (χ1v) is 14.4. The van der Waals surface area contributed by atoms with Crippen LogP contribution in [-0.2, 0) is 10.0 Å². The van der Waals surface area contributed by atoms with E-state index < -0.39 is 33.6 Å². The monoisotopic (exact) mass is 559 g/mol. The van der Waals surface area contributed by atoms with E-state index in [2.05, 4.69) is 16.8 Å². The van der Waals surface area contributed by atoms with E-state index in [0.29, 0.717) is 18.4 Å². The molecule has 4 rings (SSSR count). The Morgan fingerprint density at radius 2 is 1.95 bits per heavy atom. The van der Waals surface area contributed by atoms with Crippen LogP contribution in [0.5, 0.6) is 5.88 Å². The Morgan fingerprint density at radius 3 is 2.59 bits per heavy atom. The number of rotatable bonds is 6. The summed E-state index contributed by atoms with van der Waals surface area (Å²) in [6, 6.07) is 5.62. The normalized spacial score (nSPS) is 21.8. The number of pyridine rings is 1. The quantitative estimate of drug-likeness (QED) is 0.522. The van der Waals surface area contributed by atoms with Crippen LogP contribution in [0.25, 0.3) is 0 Å². The maximum Gasteiger partial charge on any atom is 0.259 e. The van der Waals surface area contributed by atoms with E-state index in [1.165, 1.54) is 30.3 Å². The topological polar surface area (TPSA) is 120 Å². The van der Waals surface area contributed by atoms with Crippen LogP contribution in [-0.4, -0.2) is 83.2 Å². The van der Waals surface area contributed by atoms with Crippen molar-refractivity contribution in [1.29, 1.82) is 0 Å². The number of amides is 1. The molecule has 0 radical (unpaired) electrons. The van der Waals surface area contributed by atoms with Crippen LogP contribution >= 0.6 is 0 Å². The van der Waals surface area contributed by atoms with Gasteiger partial charge < -0.3 is 19.8 Å². The first-order valence-electron chi connectivity index (χ1n) is 13.0. The third-order valence-corrected chi connectivity index (χ3v) is 9.19. The van der Waals surface area contributed by atoms with Crippen LogP contribution in [0.2, 0.25) is 0 Å². The summed E-state index contributed by atoms with van der Waals surface area (Å²) in [7, 11) is -2.54. The van der Waals surface area contributed by atoms with Gasteiger partial charge in [0, 0.05) is 31.3 Å². The number of aliphatic hydroxyl groups excluding tert-OH is 1. The van der Waals surface area contributed by atoms with Crippen LogP contribution in [0, 0.1) is 23.6 Å². The molecule has 1 aliphatic heterocycles. The minimum atomic E-state index is -3.95. The lowest BCUT2D eigenvalue weighted by molar-refractivity contribution is 0.0373. The van der Waals surface area contributed by atoms with Gasteiger partial charge in [-0.2, -0.15) is 4.31 Å². The molecule has 3 atom stereocenters. The average molecular weight is 560 g/mol. The van der Waals surface area contributed by atoms with Crippen LogP contribution in [0.3, 0.4) is 0 Å². The number of benzene rings is 1. The van der Waals surface area contributed by atoms with Crippen molar-refractivity contribution in [2.45, 2.75) is 62.2 Å². The molecule has 0 spiro atoms. The Kier molecular flexibility index (Phi) is 8.61. The summed E-state index contributed by atoms with van der Waals surface area (Å²) in [5, 5.41) is 20.4. The molecule has 0 unspecified atom stereocenters. The maximum atomic E-state index is 13.6. The molecule has 9 nitrogen and oxygen atoms in total. The summed E-state index contributed by atoms with van der Waals surface area (Å²) in [5.74, 6) is 4.61. The molecular formula is C28H34FN3O6S. The van der Waals surface area contributed by atoms with Crippen molar-refractivity contribution in [2.24, 2.45) is 5.92 Å². The van der Waals surface area contributed by atoms with Crippen LogP contribution < -0.4 is 4.74 Å². The number of aliphatic hydroxyl groups is 2. The maximum absolute atomic E-state index is 13.6. The van der Waals surface area contributed by atoms with Crippen molar-refractivity contribution in [3.63, 3.8) is 0 Å². The first kappa shape index (κ1) is 29.0. The zero-order valence-electron chi connectivity index (χ0n) is 22.3. The molecule has 1 aromatic heterocycles. The second kappa shape index (κ2) is 11.6. The summed E-state index contributed by atoms with van der Waals surface area (Å²) >= 11 is 0. The van der Waals surface area contributed by atoms with Crippen LogP contribution in [0.4, 0.5) is 4.39 Å². The highest BCUT2D eigenvalue weighted by Crippen LogP contribution is 2.30. The second-order valence-electron chi connectivity index (χ2n) is 10.4. The lowest BCUT2D eigenvalue weighted by Gasteiger charge is -2.37. The highest BCUT2D eigenvalue weighted by atomic mass is 32.2. The molecule has 1 aromatic carbocycles. The molecule has 2 N–H and O–H groups in total. The molecular weight excluding hydrogens is 525 g/mol. The van der Waals surface area contributed by atoms with Crippen molar-refractivity contribution in [1.82, 2.24) is 14.2 Å². The Labute approximate surface area is 228 Å². The highest BCUT2D eigenvalue weighted by Gasteiger charge is 2.36. The fourth-order valence-electron chi connectivity index (χ4n) is 4.80. The number of hydrogen-bond acceptors (Lipinski definition) is 7. The molecule has 2 heterocycles. The smallest absolute Gasteiger partial charge is 0.259 e. The number of halogens is 1. The Bertz CT molecular complexity index is 1370. The van der Waals surface area contributed by atoms with Gasteiger partial charge in [0.2, 0.25) is 15.9 Å². The molecule has 1 amide bonds. The molecule has 1 saturated carbocycles. The molecule has 11 heteroatoms. The highest BCUT2D eigenvalue weighted by molar-refractivity contribution is 7.89. The summed E-state index contributed by atoms with van der Waals surface area (Å²) in [4.78, 5) is 19.4. The number of fused-ring (bicyclic) bond motifs is 1. The zero-order valence-corrected chi connectivity index (χ0v) is 23.1. The summed E-state index contributed by atoms with van der Waals surface area (Å²) in [6.45, 7) is 3.43. The third-order valence-electron chi connectivity index (χ3n) is 7.35. The van der Waals surface area contributed by atoms with Crippen molar-refractivity contribution < 1.29 is 32.6 Å². The molecule has 0 bridgehead atoms. The minimum absolute atomic E-state index is 0.0319. The molecule has 0 saturated heterocycles. The van der Waals surface area contributed by atoms with Gasteiger partial charge in [0.1, 0.15) is 23.1 Å². The fraction of sp³-hybridized carbons (Fsp3) is 0.500. The second-order valence-corrected chi connectivity index (χ2v) is 12.5. The van der Waals surface area contributed by atoms with Crippen molar-refractivity contribution >= 4 is 15.9 Å². The van der Waals surface area contributed by atoms with Gasteiger partial charge in [-0.05, 0) is 62.9 Å². The number of carbonyl (C=O) groups excluding carboxylic acids is 1. The van der Waals surface area contributed by atoms with Crippen molar-refractivity contribution in [3.05, 3.63) is 53.5 Å². The number of sulfonamides is 1. The summed E-state index contributed by atoms with van der Waals surface area (Å²) in [6.07, 6.45) is 3.75. The van der Waals surface area contributed by atoms with E-state index >= 15 is 0 Å². The number of ether oxygens (including phenoxy) is 1. The largest absolute Gasteiger partial charge is 0.472 e. The predicted octanol–water partition coefficient (Wildman–Crippen LogP) is 2.42. The minimum Gasteiger partial charge on any atom is -0.472 e. The fourth-order valence-corrected chi connectivity index (χ4v) is 5.98. The van der Waals surface area contributed by atoms with E-state index in [-0.39, 0.29) is 47.9 Å². The van der Waals surface area contributed by atoms with Gasteiger partial charge in [0.05, 0.1) is 24.1 Å². The number of carbonyl (C=O) groups is 1. The number of nitrogens with zero attached hydrogens (tertiary/aromatic N) is 3. The van der Waals surface area contributed by atoms with Crippen molar-refractivity contribution in [3.8, 4) is 17.7 Å². The van der Waals surface area contributed by atoms with Crippen LogP contribution in [0.1, 0.15) is 55.5 Å². The van der Waals surface area contributed by atoms with E-state index in [0.717, 1.165) is 29.3 Å². The van der Waals surface area contributed by atoms with E-state index in [1.807, 2.05) is 6.92 Å².